The first-order valence-electron chi connectivity index (χ1n) is 3.12. The van der Waals surface area contributed by atoms with Crippen LogP contribution in [0.15, 0.2) is 0 Å². The van der Waals surface area contributed by atoms with Crippen LogP contribution in [0.4, 0.5) is 0 Å². The van der Waals surface area contributed by atoms with E-state index in [9.17, 15) is 8.76 Å². The summed E-state index contributed by atoms with van der Waals surface area (Å²) in [5, 5.41) is 0. The average Bonchev–Trinajstić information content (AvgIpc) is 1.89. The van der Waals surface area contributed by atoms with Crippen molar-refractivity contribution in [3.8, 4) is 0 Å². The fourth-order valence-electron chi connectivity index (χ4n) is 0.509. The van der Waals surface area contributed by atoms with Gasteiger partial charge in [-0.25, -0.2) is 4.31 Å². The average molecular weight is 185 g/mol. The molecule has 0 heterocycles. The van der Waals surface area contributed by atoms with Crippen LogP contribution in [0.5, 0.6) is 0 Å². The fourth-order valence-corrected chi connectivity index (χ4v) is 1.23. The molecule has 0 amide bonds. The second-order valence-electron chi connectivity index (χ2n) is 1.90. The summed E-state index contributed by atoms with van der Waals surface area (Å²) >= 11 is 3.18. The Kier molecular flexibility index (Phi) is 6.31. The number of hydrogen-bond acceptors (Lipinski definition) is 2. The lowest BCUT2D eigenvalue weighted by molar-refractivity contribution is 0.416. The maximum atomic E-state index is 10.3. The van der Waals surface area contributed by atoms with Gasteiger partial charge in [0, 0.05) is 17.8 Å². The van der Waals surface area contributed by atoms with Gasteiger partial charge in [0.1, 0.15) is 0 Å². The zero-order chi connectivity index (χ0) is 7.98. The molecule has 0 aliphatic carbocycles. The van der Waals surface area contributed by atoms with Crippen LogP contribution in [-0.4, -0.2) is 25.6 Å². The highest BCUT2D eigenvalue weighted by Gasteiger charge is 2.00. The van der Waals surface area contributed by atoms with E-state index in [1.165, 1.54) is 4.31 Å². The first kappa shape index (κ1) is 10.4. The van der Waals surface area contributed by atoms with Crippen molar-refractivity contribution >= 4 is 22.9 Å². The molecule has 0 N–H and O–H groups in total. The Morgan fingerprint density at radius 2 is 2.30 bits per heavy atom. The third-order valence-electron chi connectivity index (χ3n) is 1.11. The molecule has 5 heteroatoms. The molecule has 0 rings (SSSR count). The van der Waals surface area contributed by atoms with Gasteiger partial charge in [-0.2, -0.15) is 0 Å². The van der Waals surface area contributed by atoms with Gasteiger partial charge >= 0.3 is 0 Å². The van der Waals surface area contributed by atoms with Crippen molar-refractivity contribution in [3.63, 3.8) is 0 Å². The van der Waals surface area contributed by atoms with Gasteiger partial charge in [-0.05, 0) is 6.42 Å². The molecule has 0 aliphatic rings. The van der Waals surface area contributed by atoms with Gasteiger partial charge in [0.25, 0.3) is 0 Å². The van der Waals surface area contributed by atoms with Crippen molar-refractivity contribution in [1.82, 2.24) is 4.31 Å². The lowest BCUT2D eigenvalue weighted by Gasteiger charge is -2.20. The van der Waals surface area contributed by atoms with E-state index in [1.807, 2.05) is 6.92 Å². The van der Waals surface area contributed by atoms with E-state index in [0.717, 1.165) is 12.8 Å². The van der Waals surface area contributed by atoms with Gasteiger partial charge in [0.2, 0.25) is 0 Å². The Labute approximate surface area is 68.8 Å². The van der Waals surface area contributed by atoms with E-state index < -0.39 is 11.3 Å². The van der Waals surface area contributed by atoms with Gasteiger partial charge < -0.3 is 4.55 Å². The highest BCUT2D eigenvalue weighted by Crippen LogP contribution is 1.98. The molecule has 0 bridgehead atoms. The summed E-state index contributed by atoms with van der Waals surface area (Å²) < 4.78 is 21.7. The highest BCUT2D eigenvalue weighted by molar-refractivity contribution is 7.76. The van der Waals surface area contributed by atoms with Gasteiger partial charge in [0.15, 0.2) is 0 Å². The molecule has 0 spiro atoms. The number of halogens is 1. The van der Waals surface area contributed by atoms with Crippen molar-refractivity contribution in [2.24, 2.45) is 0 Å². The Hall–Kier alpha value is 0.360. The topological polar surface area (TPSA) is 43.4 Å². The largest absolute Gasteiger partial charge is 0.760 e. The van der Waals surface area contributed by atoms with Crippen LogP contribution in [0.2, 0.25) is 0 Å². The van der Waals surface area contributed by atoms with Crippen LogP contribution in [-0.2, 0) is 11.3 Å². The number of unbranched alkanes of at least 4 members (excludes halogenated alkanes) is 1. The smallest absolute Gasteiger partial charge is 0.0846 e. The quantitative estimate of drug-likeness (QED) is 0.365. The molecule has 1 unspecified atom stereocenters. The lowest BCUT2D eigenvalue weighted by Crippen LogP contribution is -2.25. The van der Waals surface area contributed by atoms with Crippen LogP contribution < -0.4 is 0 Å². The molecule has 0 saturated carbocycles. The van der Waals surface area contributed by atoms with Crippen LogP contribution in [0.1, 0.15) is 19.8 Å². The first-order chi connectivity index (χ1) is 4.72. The minimum absolute atomic E-state index is 0.0517. The molecule has 0 aromatic rings. The summed E-state index contributed by atoms with van der Waals surface area (Å²) in [5.41, 5.74) is 0. The van der Waals surface area contributed by atoms with Crippen molar-refractivity contribution in [2.45, 2.75) is 19.8 Å². The van der Waals surface area contributed by atoms with E-state index >= 15 is 0 Å². The summed E-state index contributed by atoms with van der Waals surface area (Å²) in [6.07, 6.45) is 1.84. The zero-order valence-corrected chi connectivity index (χ0v) is 7.45. The van der Waals surface area contributed by atoms with Crippen molar-refractivity contribution < 1.29 is 8.76 Å². The summed E-state index contributed by atoms with van der Waals surface area (Å²) in [6.45, 7) is 2.52. The van der Waals surface area contributed by atoms with Gasteiger partial charge in [-0.1, -0.05) is 13.3 Å². The predicted octanol–water partition coefficient (Wildman–Crippen LogP) is 1.08. The highest BCUT2D eigenvalue weighted by atomic mass is 35.5. The Balaban J connectivity index is 3.50. The minimum atomic E-state index is -2.15. The summed E-state index contributed by atoms with van der Waals surface area (Å²) in [7, 11) is 0. The molecule has 1 atom stereocenters. The zero-order valence-electron chi connectivity index (χ0n) is 5.88. The van der Waals surface area contributed by atoms with E-state index in [2.05, 4.69) is 0 Å². The van der Waals surface area contributed by atoms with Crippen LogP contribution >= 0.6 is 11.6 Å². The maximum absolute atomic E-state index is 10.3. The summed E-state index contributed by atoms with van der Waals surface area (Å²) in [6, 6.07) is 0.0517. The Morgan fingerprint density at radius 1 is 1.70 bits per heavy atom. The van der Waals surface area contributed by atoms with Crippen LogP contribution in [0.25, 0.3) is 0 Å². The Bertz CT molecular complexity index is 112. The third-order valence-corrected chi connectivity index (χ3v) is 2.27. The van der Waals surface area contributed by atoms with Crippen molar-refractivity contribution in [1.29, 1.82) is 0 Å². The van der Waals surface area contributed by atoms with E-state index in [0.29, 0.717) is 6.54 Å². The van der Waals surface area contributed by atoms with Crippen LogP contribution in [0.3, 0.4) is 0 Å². The number of nitrogens with zero attached hydrogens (tertiary/aromatic N) is 1. The van der Waals surface area contributed by atoms with Gasteiger partial charge in [-0.3, -0.25) is 4.21 Å². The molecule has 10 heavy (non-hydrogen) atoms. The first-order valence-corrected chi connectivity index (χ1v) is 4.69. The lowest BCUT2D eigenvalue weighted by atomic mass is 10.3. The second-order valence-corrected chi connectivity index (χ2v) is 3.09. The molecular weight excluding hydrogens is 174 g/mol. The Morgan fingerprint density at radius 3 is 2.60 bits per heavy atom. The molecule has 0 aromatic carbocycles. The molecular formula is C5H11ClNO2S-. The standard InChI is InChI=1S/C5H12ClNO2S/c1-2-3-4-7(5-6)10(8)9/h2-5H2,1H3,(H,8,9)/p-1. The van der Waals surface area contributed by atoms with Crippen LogP contribution in [0, 0.1) is 0 Å². The van der Waals surface area contributed by atoms with E-state index in [-0.39, 0.29) is 6.00 Å². The molecule has 0 fully saturated rings. The third kappa shape index (κ3) is 4.22. The van der Waals surface area contributed by atoms with E-state index in [4.69, 9.17) is 11.6 Å². The fraction of sp³-hybridized carbons (Fsp3) is 1.00. The summed E-state index contributed by atoms with van der Waals surface area (Å²) in [5.74, 6) is 0. The molecule has 3 nitrogen and oxygen atoms in total. The van der Waals surface area contributed by atoms with Gasteiger partial charge in [0.05, 0.1) is 6.00 Å². The second kappa shape index (κ2) is 6.09. The normalized spacial score (nSPS) is 14.0. The molecule has 62 valence electrons. The molecule has 0 radical (unpaired) electrons. The maximum Gasteiger partial charge on any atom is 0.0846 e. The SMILES string of the molecule is CCCCN(CCl)S(=O)[O-]. The monoisotopic (exact) mass is 184 g/mol. The van der Waals surface area contributed by atoms with Crippen molar-refractivity contribution in [2.75, 3.05) is 12.5 Å². The number of hydrogen-bond donors (Lipinski definition) is 0. The van der Waals surface area contributed by atoms with Gasteiger partial charge in [-0.15, -0.1) is 11.6 Å². The van der Waals surface area contributed by atoms with E-state index in [1.54, 1.807) is 0 Å². The molecule has 0 aliphatic heterocycles. The number of alkyl halides is 1. The molecule has 0 aromatic heterocycles. The summed E-state index contributed by atoms with van der Waals surface area (Å²) in [4.78, 5) is 0. The molecule has 0 saturated heterocycles. The predicted molar refractivity (Wildman–Crippen MR) is 41.3 cm³/mol. The number of rotatable bonds is 5. The minimum Gasteiger partial charge on any atom is -0.760 e. The van der Waals surface area contributed by atoms with Crippen molar-refractivity contribution in [3.05, 3.63) is 0 Å².